The molecule has 1 atom stereocenters. The van der Waals surface area contributed by atoms with Crippen LogP contribution in [0.4, 0.5) is 22.4 Å². The smallest absolute Gasteiger partial charge is 0.324 e. The van der Waals surface area contributed by atoms with Crippen LogP contribution in [0.5, 0.6) is 0 Å². The van der Waals surface area contributed by atoms with Gasteiger partial charge in [-0.3, -0.25) is 4.79 Å². The Labute approximate surface area is 112 Å². The molecule has 1 aliphatic rings. The van der Waals surface area contributed by atoms with Crippen molar-refractivity contribution in [3.05, 3.63) is 0 Å². The average Bonchev–Trinajstić information content (AvgIpc) is 2.81. The molecule has 0 aromatic rings. The van der Waals surface area contributed by atoms with Crippen LogP contribution in [0.2, 0.25) is 0 Å². The summed E-state index contributed by atoms with van der Waals surface area (Å²) in [6, 6.07) is -0.957. The number of carbonyl (C=O) groups excluding carboxylic acids is 1. The molecule has 0 saturated carbocycles. The molecule has 0 aromatic carbocycles. The third-order valence-electron chi connectivity index (χ3n) is 3.57. The Morgan fingerprint density at radius 2 is 2.05 bits per heavy atom. The lowest BCUT2D eigenvalue weighted by Gasteiger charge is -2.24. The number of carboxylic acid groups (broad SMARTS) is 1. The predicted octanol–water partition coefficient (Wildman–Crippen LogP) is 1.78. The highest BCUT2D eigenvalue weighted by Gasteiger charge is 2.46. The van der Waals surface area contributed by atoms with Crippen molar-refractivity contribution in [3.8, 4) is 0 Å². The Bertz CT molecular complexity index is 392. The molecule has 1 rings (SSSR count). The second kappa shape index (κ2) is 5.84. The van der Waals surface area contributed by atoms with Gasteiger partial charge in [0.25, 0.3) is 0 Å². The fraction of sp³-hybridized carbons (Fsp3) is 0.818. The lowest BCUT2D eigenvalue weighted by Crippen LogP contribution is -2.47. The molecule has 5 nitrogen and oxygen atoms in total. The number of nitrogens with one attached hydrogen (secondary N) is 1. The van der Waals surface area contributed by atoms with Gasteiger partial charge in [-0.25, -0.2) is 13.6 Å². The zero-order valence-electron chi connectivity index (χ0n) is 10.8. The predicted molar refractivity (Wildman–Crippen MR) is 60.9 cm³/mol. The summed E-state index contributed by atoms with van der Waals surface area (Å²) in [5, 5.41) is 10.8. The van der Waals surface area contributed by atoms with Crippen LogP contribution < -0.4 is 5.32 Å². The van der Waals surface area contributed by atoms with E-state index in [2.05, 4.69) is 0 Å². The Hall–Kier alpha value is -1.54. The van der Waals surface area contributed by atoms with Gasteiger partial charge in [-0.15, -0.1) is 0 Å². The van der Waals surface area contributed by atoms with Crippen molar-refractivity contribution in [1.82, 2.24) is 10.2 Å². The fourth-order valence-corrected chi connectivity index (χ4v) is 2.04. The van der Waals surface area contributed by atoms with E-state index in [9.17, 15) is 27.2 Å². The van der Waals surface area contributed by atoms with Gasteiger partial charge in [0.2, 0.25) is 0 Å². The molecule has 0 radical (unpaired) electrons. The van der Waals surface area contributed by atoms with Gasteiger partial charge in [0, 0.05) is 13.1 Å². The number of hydrogen-bond donors (Lipinski definition) is 2. The highest BCUT2D eigenvalue weighted by Crippen LogP contribution is 2.34. The maximum Gasteiger partial charge on any atom is 0.324 e. The van der Waals surface area contributed by atoms with E-state index in [4.69, 9.17) is 5.11 Å². The number of halogens is 4. The molecule has 0 bridgehead atoms. The lowest BCUT2D eigenvalue weighted by molar-refractivity contribution is -0.148. The SMILES string of the molecule is CCC1(C(=O)O)CCN(C(=O)NCC(F)(F)C(F)F)C1. The van der Waals surface area contributed by atoms with Gasteiger partial charge in [-0.05, 0) is 12.8 Å². The highest BCUT2D eigenvalue weighted by atomic mass is 19.3. The maximum atomic E-state index is 12.7. The largest absolute Gasteiger partial charge is 0.481 e. The van der Waals surface area contributed by atoms with E-state index in [0.29, 0.717) is 6.42 Å². The molecule has 2 N–H and O–H groups in total. The molecule has 1 aliphatic heterocycles. The Morgan fingerprint density at radius 1 is 1.45 bits per heavy atom. The first-order valence-electron chi connectivity index (χ1n) is 6.07. The van der Waals surface area contributed by atoms with E-state index in [-0.39, 0.29) is 19.5 Å². The van der Waals surface area contributed by atoms with Crippen molar-refractivity contribution in [2.24, 2.45) is 5.41 Å². The Kier molecular flexibility index (Phi) is 4.82. The van der Waals surface area contributed by atoms with Crippen molar-refractivity contribution in [2.75, 3.05) is 19.6 Å². The summed E-state index contributed by atoms with van der Waals surface area (Å²) in [5.74, 6) is -5.36. The monoisotopic (exact) mass is 300 g/mol. The van der Waals surface area contributed by atoms with Crippen molar-refractivity contribution >= 4 is 12.0 Å². The van der Waals surface area contributed by atoms with E-state index in [0.717, 1.165) is 4.90 Å². The van der Waals surface area contributed by atoms with Crippen LogP contribution in [-0.4, -0.2) is 54.0 Å². The topological polar surface area (TPSA) is 69.6 Å². The minimum atomic E-state index is -4.30. The number of hydrogen-bond acceptors (Lipinski definition) is 2. The van der Waals surface area contributed by atoms with Gasteiger partial charge >= 0.3 is 24.3 Å². The van der Waals surface area contributed by atoms with E-state index in [1.54, 1.807) is 12.2 Å². The van der Waals surface area contributed by atoms with Crippen LogP contribution in [-0.2, 0) is 4.79 Å². The quantitative estimate of drug-likeness (QED) is 0.760. The van der Waals surface area contributed by atoms with Crippen LogP contribution in [0, 0.1) is 5.41 Å². The van der Waals surface area contributed by atoms with Crippen LogP contribution in [0.25, 0.3) is 0 Å². The molecule has 1 heterocycles. The summed E-state index contributed by atoms with van der Waals surface area (Å²) < 4.78 is 49.2. The minimum absolute atomic E-state index is 0.0895. The first-order valence-corrected chi connectivity index (χ1v) is 6.07. The van der Waals surface area contributed by atoms with Crippen LogP contribution >= 0.6 is 0 Å². The molecule has 0 aliphatic carbocycles. The number of rotatable bonds is 5. The zero-order valence-corrected chi connectivity index (χ0v) is 10.8. The molecule has 1 unspecified atom stereocenters. The summed E-state index contributed by atoms with van der Waals surface area (Å²) in [5.41, 5.74) is -1.09. The van der Waals surface area contributed by atoms with Crippen LogP contribution in [0.15, 0.2) is 0 Å². The average molecular weight is 300 g/mol. The molecular formula is C11H16F4N2O3. The van der Waals surface area contributed by atoms with E-state index >= 15 is 0 Å². The van der Waals surface area contributed by atoms with Crippen molar-refractivity contribution in [1.29, 1.82) is 0 Å². The minimum Gasteiger partial charge on any atom is -0.481 e. The van der Waals surface area contributed by atoms with Gasteiger partial charge in [-0.1, -0.05) is 6.92 Å². The van der Waals surface area contributed by atoms with Gasteiger partial charge in [0.05, 0.1) is 12.0 Å². The van der Waals surface area contributed by atoms with E-state index in [1.807, 2.05) is 0 Å². The maximum absolute atomic E-state index is 12.7. The van der Waals surface area contributed by atoms with Gasteiger partial charge in [0.1, 0.15) is 0 Å². The second-order valence-electron chi connectivity index (χ2n) is 4.83. The zero-order chi connectivity index (χ0) is 15.6. The number of urea groups is 1. The highest BCUT2D eigenvalue weighted by molar-refractivity contribution is 5.79. The summed E-state index contributed by atoms with van der Waals surface area (Å²) in [6.07, 6.45) is -3.37. The first kappa shape index (κ1) is 16.5. The summed E-state index contributed by atoms with van der Waals surface area (Å²) in [4.78, 5) is 23.8. The van der Waals surface area contributed by atoms with Crippen molar-refractivity contribution in [2.45, 2.75) is 32.1 Å². The van der Waals surface area contributed by atoms with Crippen LogP contribution in [0.3, 0.4) is 0 Å². The number of carbonyl (C=O) groups is 2. The van der Waals surface area contributed by atoms with Gasteiger partial charge in [-0.2, -0.15) is 8.78 Å². The summed E-state index contributed by atoms with van der Waals surface area (Å²) in [7, 11) is 0. The van der Waals surface area contributed by atoms with Gasteiger partial charge in [0.15, 0.2) is 0 Å². The van der Waals surface area contributed by atoms with Crippen LogP contribution in [0.1, 0.15) is 19.8 Å². The third kappa shape index (κ3) is 3.31. The standard InChI is InChI=1S/C11H16F4N2O3/c1-2-10(8(18)19)3-4-17(6-10)9(20)16-5-11(14,15)7(12)13/h7H,2-6H2,1H3,(H,16,20)(H,18,19). The molecule has 0 aromatic heterocycles. The molecule has 1 fully saturated rings. The first-order chi connectivity index (χ1) is 9.14. The molecule has 116 valence electrons. The Balaban J connectivity index is 2.57. The molecule has 0 spiro atoms. The van der Waals surface area contributed by atoms with Crippen molar-refractivity contribution in [3.63, 3.8) is 0 Å². The summed E-state index contributed by atoms with van der Waals surface area (Å²) >= 11 is 0. The number of nitrogens with zero attached hydrogens (tertiary/aromatic N) is 1. The number of carboxylic acids is 1. The molecule has 20 heavy (non-hydrogen) atoms. The lowest BCUT2D eigenvalue weighted by atomic mass is 9.84. The molecular weight excluding hydrogens is 284 g/mol. The third-order valence-corrected chi connectivity index (χ3v) is 3.57. The molecule has 9 heteroatoms. The van der Waals surface area contributed by atoms with Crippen molar-refractivity contribution < 1.29 is 32.3 Å². The summed E-state index contributed by atoms with van der Waals surface area (Å²) in [6.45, 7) is 0.143. The number of amides is 2. The number of alkyl halides is 4. The fourth-order valence-electron chi connectivity index (χ4n) is 2.04. The van der Waals surface area contributed by atoms with E-state index < -0.39 is 36.3 Å². The Morgan fingerprint density at radius 3 is 2.45 bits per heavy atom. The molecule has 2 amide bonds. The second-order valence-corrected chi connectivity index (χ2v) is 4.83. The molecule has 1 saturated heterocycles. The number of aliphatic carboxylic acids is 1. The van der Waals surface area contributed by atoms with Gasteiger partial charge < -0.3 is 15.3 Å². The number of likely N-dealkylation sites (tertiary alicyclic amines) is 1. The van der Waals surface area contributed by atoms with E-state index in [1.165, 1.54) is 0 Å². The normalized spacial score (nSPS) is 23.2.